The summed E-state index contributed by atoms with van der Waals surface area (Å²) in [5.74, 6) is 0. The lowest BCUT2D eigenvalue weighted by Gasteiger charge is -2.18. The van der Waals surface area contributed by atoms with E-state index in [2.05, 4.69) is 25.7 Å². The van der Waals surface area contributed by atoms with Gasteiger partial charge in [0.15, 0.2) is 0 Å². The highest BCUT2D eigenvalue weighted by molar-refractivity contribution is 4.68. The van der Waals surface area contributed by atoms with Crippen LogP contribution in [0.25, 0.3) is 0 Å². The molecule has 2 nitrogen and oxygen atoms in total. The number of nitrogens with one attached hydrogen (secondary N) is 1. The molecule has 0 aliphatic rings. The maximum Gasteiger partial charge on any atom is 0.0619 e. The van der Waals surface area contributed by atoms with Crippen molar-refractivity contribution in [2.24, 2.45) is 0 Å². The third-order valence-corrected chi connectivity index (χ3v) is 2.67. The second-order valence-electron chi connectivity index (χ2n) is 4.24. The summed E-state index contributed by atoms with van der Waals surface area (Å²) in [5.41, 5.74) is 0. The van der Waals surface area contributed by atoms with Crippen LogP contribution in [0.15, 0.2) is 12.7 Å². The van der Waals surface area contributed by atoms with E-state index in [4.69, 9.17) is 4.74 Å². The van der Waals surface area contributed by atoms with Crippen molar-refractivity contribution in [2.45, 2.75) is 58.4 Å². The van der Waals surface area contributed by atoms with Gasteiger partial charge in [0.1, 0.15) is 0 Å². The van der Waals surface area contributed by atoms with Crippen LogP contribution in [0.2, 0.25) is 0 Å². The second-order valence-corrected chi connectivity index (χ2v) is 4.24. The van der Waals surface area contributed by atoms with Crippen LogP contribution in [0.3, 0.4) is 0 Å². The van der Waals surface area contributed by atoms with E-state index in [9.17, 15) is 0 Å². The summed E-state index contributed by atoms with van der Waals surface area (Å²) in [5, 5.41) is 3.55. The smallest absolute Gasteiger partial charge is 0.0619 e. The minimum absolute atomic E-state index is 0.545. The van der Waals surface area contributed by atoms with Gasteiger partial charge in [0.2, 0.25) is 0 Å². The van der Waals surface area contributed by atoms with Crippen LogP contribution in [0.4, 0.5) is 0 Å². The van der Waals surface area contributed by atoms with E-state index in [-0.39, 0.29) is 0 Å². The largest absolute Gasteiger partial charge is 0.380 e. The number of unbranched alkanes of at least 4 members (excludes halogenated alkanes) is 3. The van der Waals surface area contributed by atoms with Crippen LogP contribution in [-0.2, 0) is 4.74 Å². The highest BCUT2D eigenvalue weighted by atomic mass is 16.5. The van der Waals surface area contributed by atoms with Crippen LogP contribution in [0.1, 0.15) is 52.4 Å². The Labute approximate surface area is 101 Å². The fourth-order valence-electron chi connectivity index (χ4n) is 1.71. The maximum absolute atomic E-state index is 5.49. The molecule has 0 amide bonds. The molecule has 1 atom stereocenters. The van der Waals surface area contributed by atoms with Crippen molar-refractivity contribution in [1.82, 2.24) is 5.32 Å². The summed E-state index contributed by atoms with van der Waals surface area (Å²) in [6, 6.07) is 0.545. The zero-order valence-corrected chi connectivity index (χ0v) is 11.1. The first-order chi connectivity index (χ1) is 7.85. The van der Waals surface area contributed by atoms with Gasteiger partial charge in [-0.2, -0.15) is 0 Å². The Bertz CT molecular complexity index is 140. The third-order valence-electron chi connectivity index (χ3n) is 2.67. The van der Waals surface area contributed by atoms with Gasteiger partial charge in [-0.25, -0.2) is 0 Å². The van der Waals surface area contributed by atoms with Crippen LogP contribution in [-0.4, -0.2) is 25.8 Å². The summed E-state index contributed by atoms with van der Waals surface area (Å²) < 4.78 is 5.49. The number of hydrogen-bond acceptors (Lipinski definition) is 2. The maximum atomic E-state index is 5.49. The van der Waals surface area contributed by atoms with E-state index in [1.807, 2.05) is 6.08 Å². The van der Waals surface area contributed by atoms with E-state index in [0.717, 1.165) is 26.2 Å². The molecule has 0 spiro atoms. The molecule has 0 rings (SSSR count). The van der Waals surface area contributed by atoms with E-state index in [0.29, 0.717) is 6.04 Å². The Balaban J connectivity index is 3.51. The molecule has 1 unspecified atom stereocenters. The molecule has 0 saturated carbocycles. The number of ether oxygens (including phenoxy) is 1. The average Bonchev–Trinajstić information content (AvgIpc) is 2.31. The molecule has 0 heterocycles. The Morgan fingerprint density at radius 3 is 2.69 bits per heavy atom. The van der Waals surface area contributed by atoms with E-state index >= 15 is 0 Å². The van der Waals surface area contributed by atoms with E-state index < -0.39 is 0 Å². The Hall–Kier alpha value is -0.340. The Morgan fingerprint density at radius 1 is 1.25 bits per heavy atom. The third kappa shape index (κ3) is 10.2. The molecule has 0 aliphatic carbocycles. The molecule has 0 radical (unpaired) electrons. The fourth-order valence-corrected chi connectivity index (χ4v) is 1.71. The summed E-state index contributed by atoms with van der Waals surface area (Å²) in [6.45, 7) is 10.8. The summed E-state index contributed by atoms with van der Waals surface area (Å²) >= 11 is 0. The van der Waals surface area contributed by atoms with Gasteiger partial charge in [-0.15, -0.1) is 6.58 Å². The quantitative estimate of drug-likeness (QED) is 0.407. The first-order valence-corrected chi connectivity index (χ1v) is 6.77. The van der Waals surface area contributed by atoms with Gasteiger partial charge in [-0.1, -0.05) is 25.8 Å². The lowest BCUT2D eigenvalue weighted by molar-refractivity contribution is 0.119. The molecular weight excluding hydrogens is 198 g/mol. The normalized spacial score (nSPS) is 12.6. The van der Waals surface area contributed by atoms with Crippen molar-refractivity contribution in [1.29, 1.82) is 0 Å². The molecule has 0 bridgehead atoms. The van der Waals surface area contributed by atoms with Gasteiger partial charge in [0.25, 0.3) is 0 Å². The summed E-state index contributed by atoms with van der Waals surface area (Å²) in [7, 11) is 0. The zero-order valence-electron chi connectivity index (χ0n) is 11.1. The minimum Gasteiger partial charge on any atom is -0.380 e. The van der Waals surface area contributed by atoms with Crippen LogP contribution in [0, 0.1) is 0 Å². The summed E-state index contributed by atoms with van der Waals surface area (Å²) in [6.07, 6.45) is 9.46. The highest BCUT2D eigenvalue weighted by Crippen LogP contribution is 2.06. The molecule has 2 heteroatoms. The monoisotopic (exact) mass is 227 g/mol. The predicted molar refractivity (Wildman–Crippen MR) is 71.9 cm³/mol. The lowest BCUT2D eigenvalue weighted by atomic mass is 10.1. The number of hydrogen-bond donors (Lipinski definition) is 1. The van der Waals surface area contributed by atoms with Crippen molar-refractivity contribution in [3.05, 3.63) is 12.7 Å². The van der Waals surface area contributed by atoms with Crippen LogP contribution >= 0.6 is 0 Å². The molecule has 0 aromatic heterocycles. The molecule has 0 saturated heterocycles. The van der Waals surface area contributed by atoms with Crippen molar-refractivity contribution >= 4 is 0 Å². The Kier molecular flexibility index (Phi) is 12.5. The number of rotatable bonds is 12. The van der Waals surface area contributed by atoms with Crippen molar-refractivity contribution in [2.75, 3.05) is 19.8 Å². The lowest BCUT2D eigenvalue weighted by Crippen LogP contribution is -2.34. The fraction of sp³-hybridized carbons (Fsp3) is 0.857. The topological polar surface area (TPSA) is 21.3 Å². The van der Waals surface area contributed by atoms with E-state index in [1.54, 1.807) is 0 Å². The first-order valence-electron chi connectivity index (χ1n) is 6.77. The van der Waals surface area contributed by atoms with Gasteiger partial charge < -0.3 is 10.1 Å². The molecule has 1 N–H and O–H groups in total. The Morgan fingerprint density at radius 2 is 2.06 bits per heavy atom. The molecule has 16 heavy (non-hydrogen) atoms. The highest BCUT2D eigenvalue weighted by Gasteiger charge is 2.06. The SMILES string of the molecule is C=CCCCCCC(COCC)NCCC. The molecular formula is C14H29NO. The van der Waals surface area contributed by atoms with Crippen molar-refractivity contribution < 1.29 is 4.74 Å². The van der Waals surface area contributed by atoms with Crippen molar-refractivity contribution in [3.63, 3.8) is 0 Å². The van der Waals surface area contributed by atoms with Gasteiger partial charge in [0, 0.05) is 12.6 Å². The molecule has 0 aromatic carbocycles. The number of allylic oxidation sites excluding steroid dienone is 1. The molecule has 96 valence electrons. The van der Waals surface area contributed by atoms with Crippen molar-refractivity contribution in [3.8, 4) is 0 Å². The standard InChI is InChI=1S/C14H29NO/c1-4-7-8-9-10-11-14(13-16-6-3)15-12-5-2/h4,14-15H,1,5-13H2,2-3H3. The zero-order chi connectivity index (χ0) is 12.1. The minimum atomic E-state index is 0.545. The van der Waals surface area contributed by atoms with Gasteiger partial charge in [0.05, 0.1) is 6.61 Å². The summed E-state index contributed by atoms with van der Waals surface area (Å²) in [4.78, 5) is 0. The van der Waals surface area contributed by atoms with Crippen LogP contribution in [0.5, 0.6) is 0 Å². The second kappa shape index (κ2) is 12.7. The molecule has 0 fully saturated rings. The van der Waals surface area contributed by atoms with E-state index in [1.165, 1.54) is 32.1 Å². The first kappa shape index (κ1) is 15.7. The van der Waals surface area contributed by atoms with Gasteiger partial charge >= 0.3 is 0 Å². The predicted octanol–water partition coefficient (Wildman–Crippen LogP) is 3.53. The average molecular weight is 227 g/mol. The van der Waals surface area contributed by atoms with Gasteiger partial charge in [-0.05, 0) is 39.2 Å². The molecule has 0 aliphatic heterocycles. The van der Waals surface area contributed by atoms with Crippen LogP contribution < -0.4 is 5.32 Å². The van der Waals surface area contributed by atoms with Gasteiger partial charge in [-0.3, -0.25) is 0 Å². The molecule has 0 aromatic rings.